The van der Waals surface area contributed by atoms with Crippen LogP contribution < -0.4 is 0 Å². The van der Waals surface area contributed by atoms with E-state index in [-0.39, 0.29) is 0 Å². The Morgan fingerprint density at radius 2 is 2.33 bits per heavy atom. The fourth-order valence-corrected chi connectivity index (χ4v) is 1.52. The van der Waals surface area contributed by atoms with Crippen LogP contribution in [0.2, 0.25) is 0 Å². The molecular formula is C8H7FN2S. The van der Waals surface area contributed by atoms with Crippen molar-refractivity contribution in [2.75, 3.05) is 6.26 Å². The molecule has 0 saturated heterocycles. The van der Waals surface area contributed by atoms with Gasteiger partial charge in [-0.2, -0.15) is 4.39 Å². The molecule has 2 nitrogen and oxygen atoms in total. The van der Waals surface area contributed by atoms with Crippen molar-refractivity contribution >= 4 is 22.8 Å². The fraction of sp³-hybridized carbons (Fsp3) is 0.125. The van der Waals surface area contributed by atoms with E-state index in [1.165, 1.54) is 0 Å². The summed E-state index contributed by atoms with van der Waals surface area (Å²) in [7, 11) is 0. The monoisotopic (exact) mass is 182 g/mol. The van der Waals surface area contributed by atoms with E-state index in [1.54, 1.807) is 17.8 Å². The Morgan fingerprint density at radius 3 is 3.08 bits per heavy atom. The van der Waals surface area contributed by atoms with Crippen LogP contribution in [0.5, 0.6) is 0 Å². The van der Waals surface area contributed by atoms with Crippen LogP contribution >= 0.6 is 11.8 Å². The third kappa shape index (κ3) is 1.18. The highest BCUT2D eigenvalue weighted by Gasteiger charge is 2.01. The quantitative estimate of drug-likeness (QED) is 0.686. The zero-order valence-corrected chi connectivity index (χ0v) is 7.28. The number of benzene rings is 1. The molecule has 12 heavy (non-hydrogen) atoms. The lowest BCUT2D eigenvalue weighted by molar-refractivity contribution is 0.556. The van der Waals surface area contributed by atoms with Gasteiger partial charge in [0.2, 0.25) is 0 Å². The summed E-state index contributed by atoms with van der Waals surface area (Å²) in [5.41, 5.74) is 1.42. The minimum absolute atomic E-state index is 0.525. The number of hydrogen-bond acceptors (Lipinski definition) is 2. The van der Waals surface area contributed by atoms with Crippen molar-refractivity contribution in [3.63, 3.8) is 0 Å². The molecule has 1 aromatic heterocycles. The van der Waals surface area contributed by atoms with Gasteiger partial charge in [0, 0.05) is 4.90 Å². The Bertz CT molecular complexity index is 410. The van der Waals surface area contributed by atoms with Gasteiger partial charge in [-0.05, 0) is 24.5 Å². The molecule has 0 fully saturated rings. The van der Waals surface area contributed by atoms with Gasteiger partial charge in [0.15, 0.2) is 0 Å². The van der Waals surface area contributed by atoms with Crippen LogP contribution in [0.25, 0.3) is 11.0 Å². The van der Waals surface area contributed by atoms with E-state index < -0.39 is 6.08 Å². The van der Waals surface area contributed by atoms with Crippen molar-refractivity contribution in [1.29, 1.82) is 0 Å². The summed E-state index contributed by atoms with van der Waals surface area (Å²) in [4.78, 5) is 7.30. The number of nitrogens with zero attached hydrogens (tertiary/aromatic N) is 1. The van der Waals surface area contributed by atoms with Gasteiger partial charge in [-0.25, -0.2) is 4.98 Å². The largest absolute Gasteiger partial charge is 0.314 e. The normalized spacial score (nSPS) is 10.8. The van der Waals surface area contributed by atoms with Crippen LogP contribution in [0.1, 0.15) is 0 Å². The maximum atomic E-state index is 12.6. The molecule has 0 spiro atoms. The molecule has 2 aromatic rings. The van der Waals surface area contributed by atoms with Crippen LogP contribution in [0.4, 0.5) is 4.39 Å². The highest BCUT2D eigenvalue weighted by molar-refractivity contribution is 7.98. The average Bonchev–Trinajstić information content (AvgIpc) is 2.43. The molecule has 0 atom stereocenters. The van der Waals surface area contributed by atoms with E-state index in [0.717, 1.165) is 10.4 Å². The molecule has 0 bridgehead atoms. The third-order valence-electron chi connectivity index (χ3n) is 1.66. The third-order valence-corrected chi connectivity index (χ3v) is 2.39. The molecule has 0 aliphatic heterocycles. The second-order valence-electron chi connectivity index (χ2n) is 2.41. The first kappa shape index (κ1) is 7.61. The number of thioether (sulfide) groups is 1. The maximum absolute atomic E-state index is 12.6. The number of halogens is 1. The Morgan fingerprint density at radius 1 is 1.50 bits per heavy atom. The molecule has 1 aromatic carbocycles. The predicted molar refractivity (Wildman–Crippen MR) is 47.8 cm³/mol. The number of hydrogen-bond donors (Lipinski definition) is 1. The van der Waals surface area contributed by atoms with Crippen LogP contribution in [0, 0.1) is 6.08 Å². The molecule has 1 heterocycles. The van der Waals surface area contributed by atoms with Crippen LogP contribution in [0.3, 0.4) is 0 Å². The number of rotatable bonds is 1. The fourth-order valence-electron chi connectivity index (χ4n) is 1.08. The van der Waals surface area contributed by atoms with Crippen LogP contribution in [-0.2, 0) is 0 Å². The summed E-state index contributed by atoms with van der Waals surface area (Å²) >= 11 is 1.62. The maximum Gasteiger partial charge on any atom is 0.287 e. The molecular weight excluding hydrogens is 175 g/mol. The first-order valence-corrected chi connectivity index (χ1v) is 4.71. The molecule has 0 radical (unpaired) electrons. The van der Waals surface area contributed by atoms with Crippen molar-refractivity contribution in [2.45, 2.75) is 4.90 Å². The highest BCUT2D eigenvalue weighted by atomic mass is 32.2. The van der Waals surface area contributed by atoms with Gasteiger partial charge in [-0.3, -0.25) is 0 Å². The summed E-state index contributed by atoms with van der Waals surface area (Å²) in [6.45, 7) is 0. The van der Waals surface area contributed by atoms with Crippen molar-refractivity contribution < 1.29 is 4.39 Å². The van der Waals surface area contributed by atoms with Gasteiger partial charge in [0.05, 0.1) is 11.0 Å². The van der Waals surface area contributed by atoms with E-state index in [1.807, 2.05) is 18.4 Å². The minimum Gasteiger partial charge on any atom is -0.314 e. The van der Waals surface area contributed by atoms with Crippen molar-refractivity contribution in [1.82, 2.24) is 9.97 Å². The average molecular weight is 182 g/mol. The molecule has 0 unspecified atom stereocenters. The van der Waals surface area contributed by atoms with Gasteiger partial charge in [-0.1, -0.05) is 0 Å². The van der Waals surface area contributed by atoms with Crippen molar-refractivity contribution in [2.24, 2.45) is 0 Å². The van der Waals surface area contributed by atoms with Gasteiger partial charge < -0.3 is 4.98 Å². The van der Waals surface area contributed by atoms with E-state index >= 15 is 0 Å². The summed E-state index contributed by atoms with van der Waals surface area (Å²) in [6.07, 6.45) is 1.46. The van der Waals surface area contributed by atoms with Crippen LogP contribution in [-0.4, -0.2) is 16.2 Å². The Balaban J connectivity index is 2.66. The van der Waals surface area contributed by atoms with E-state index in [9.17, 15) is 4.39 Å². The van der Waals surface area contributed by atoms with Crippen LogP contribution in [0.15, 0.2) is 23.1 Å². The lowest BCUT2D eigenvalue weighted by atomic mass is 10.3. The Kier molecular flexibility index (Phi) is 1.77. The number of aromatic amines is 1. The summed E-state index contributed by atoms with van der Waals surface area (Å²) in [5, 5.41) is 0. The van der Waals surface area contributed by atoms with Gasteiger partial charge >= 0.3 is 0 Å². The Hall–Kier alpha value is -1.03. The molecule has 1 N–H and O–H groups in total. The molecule has 0 amide bonds. The Labute approximate surface area is 73.2 Å². The lowest BCUT2D eigenvalue weighted by Crippen LogP contribution is -1.71. The van der Waals surface area contributed by atoms with Gasteiger partial charge in [-0.15, -0.1) is 11.8 Å². The number of fused-ring (bicyclic) bond motifs is 1. The van der Waals surface area contributed by atoms with E-state index in [4.69, 9.17) is 0 Å². The molecule has 0 aliphatic carbocycles. The zero-order chi connectivity index (χ0) is 8.55. The zero-order valence-electron chi connectivity index (χ0n) is 6.47. The molecule has 0 aliphatic rings. The minimum atomic E-state index is -0.525. The van der Waals surface area contributed by atoms with E-state index in [2.05, 4.69) is 9.97 Å². The number of aromatic nitrogens is 2. The first-order chi connectivity index (χ1) is 5.79. The lowest BCUT2D eigenvalue weighted by Gasteiger charge is -1.93. The smallest absolute Gasteiger partial charge is 0.287 e. The molecule has 62 valence electrons. The SMILES string of the molecule is CSc1ccc2nc(F)[nH]c2c1. The topological polar surface area (TPSA) is 28.7 Å². The first-order valence-electron chi connectivity index (χ1n) is 3.49. The van der Waals surface area contributed by atoms with E-state index in [0.29, 0.717) is 5.52 Å². The number of imidazole rings is 1. The van der Waals surface area contributed by atoms with Crippen molar-refractivity contribution in [3.8, 4) is 0 Å². The van der Waals surface area contributed by atoms with Gasteiger partial charge in [0.1, 0.15) is 0 Å². The van der Waals surface area contributed by atoms with Gasteiger partial charge in [0.25, 0.3) is 6.08 Å². The predicted octanol–water partition coefficient (Wildman–Crippen LogP) is 2.42. The molecule has 2 rings (SSSR count). The summed E-state index contributed by atoms with van der Waals surface area (Å²) in [5.74, 6) is 0. The summed E-state index contributed by atoms with van der Waals surface area (Å²) in [6, 6.07) is 5.62. The number of nitrogens with one attached hydrogen (secondary N) is 1. The van der Waals surface area contributed by atoms with Crippen molar-refractivity contribution in [3.05, 3.63) is 24.3 Å². The second kappa shape index (κ2) is 2.79. The highest BCUT2D eigenvalue weighted by Crippen LogP contribution is 2.19. The summed E-state index contributed by atoms with van der Waals surface area (Å²) < 4.78 is 12.6. The standard InChI is InChI=1S/C8H7FN2S/c1-12-5-2-3-6-7(4-5)11-8(9)10-6/h2-4H,1H3,(H,10,11). The number of H-pyrrole nitrogens is 1. The second-order valence-corrected chi connectivity index (χ2v) is 3.29. The molecule has 4 heteroatoms. The molecule has 0 saturated carbocycles.